The van der Waals surface area contributed by atoms with Gasteiger partial charge in [-0.05, 0) is 0 Å². The molecule has 0 aliphatic rings. The topological polar surface area (TPSA) is 37.3 Å². The van der Waals surface area contributed by atoms with Crippen LogP contribution in [0.3, 0.4) is 0 Å². The Morgan fingerprint density at radius 2 is 2.50 bits per heavy atom. The van der Waals surface area contributed by atoms with Crippen LogP contribution in [-0.4, -0.2) is 57.1 Å². The zero-order valence-electron chi connectivity index (χ0n) is 2.93. The summed E-state index contributed by atoms with van der Waals surface area (Å²) in [5.74, 6) is 0. The van der Waals surface area contributed by atoms with Crippen LogP contribution in [0, 0.1) is 0 Å². The van der Waals surface area contributed by atoms with Crippen molar-refractivity contribution in [3.05, 3.63) is 0 Å². The fourth-order valence-electron chi connectivity index (χ4n) is 0.0617. The van der Waals surface area contributed by atoms with Gasteiger partial charge in [-0.2, -0.15) is 0 Å². The molecule has 0 aliphatic heterocycles. The van der Waals surface area contributed by atoms with Crippen molar-refractivity contribution in [1.82, 2.24) is 0 Å². The maximum atomic E-state index is 9.72. The summed E-state index contributed by atoms with van der Waals surface area (Å²) >= 11 is 0.526. The quantitative estimate of drug-likeness (QED) is 0.490. The third-order valence-electron chi connectivity index (χ3n) is 0.179. The molecule has 0 radical (unpaired) electrons. The molecule has 0 fully saturated rings. The molecular weight excluding hydrogens is 450 g/mol. The van der Waals surface area contributed by atoms with Crippen LogP contribution in [0.1, 0.15) is 0 Å². The van der Waals surface area contributed by atoms with Gasteiger partial charge < -0.3 is 0 Å². The summed E-state index contributed by atoms with van der Waals surface area (Å²) in [5.41, 5.74) is 0. The number of carboxylic acid groups (broad SMARTS) is 1. The molecule has 0 saturated carbocycles. The molecule has 1 N–H and O–H groups in total. The average molecular weight is 455 g/mol. The Kier molecular flexibility index (Phi) is 6.28. The molecule has 0 saturated heterocycles. The van der Waals surface area contributed by atoms with E-state index in [1.807, 2.05) is 0 Å². The summed E-state index contributed by atoms with van der Waals surface area (Å²) in [6.07, 6.45) is 0. The molecule has 6 heavy (non-hydrogen) atoms. The first-order valence-corrected chi connectivity index (χ1v) is 27.4. The van der Waals surface area contributed by atoms with Crippen molar-refractivity contribution in [2.24, 2.45) is 0 Å². The molecule has 1 atom stereocenters. The number of hydrogen-bond acceptors (Lipinski definition) is 1. The van der Waals surface area contributed by atoms with Gasteiger partial charge in [0.15, 0.2) is 0 Å². The van der Waals surface area contributed by atoms with Crippen molar-refractivity contribution in [3.63, 3.8) is 0 Å². The summed E-state index contributed by atoms with van der Waals surface area (Å²) in [5, 5.41) is 8.04. The van der Waals surface area contributed by atoms with Crippen molar-refractivity contribution < 1.29 is 9.90 Å². The van der Waals surface area contributed by atoms with Crippen molar-refractivity contribution in [1.29, 1.82) is 0 Å². The molecule has 0 aromatic rings. The molecule has 2 nitrogen and oxygen atoms in total. The van der Waals surface area contributed by atoms with Gasteiger partial charge >= 0.3 is 61.9 Å². The Bertz CT molecular complexity index is 57.5. The first kappa shape index (κ1) is 7.73. The summed E-state index contributed by atoms with van der Waals surface area (Å²) in [4.78, 5) is 9.72. The van der Waals surface area contributed by atoms with Gasteiger partial charge in [0, 0.05) is 0 Å². The molecule has 0 spiro atoms. The van der Waals surface area contributed by atoms with E-state index in [0.29, 0.717) is 0 Å². The molecule has 0 rings (SSSR count). The van der Waals surface area contributed by atoms with E-state index >= 15 is 0 Å². The Balaban J connectivity index is 2.83. The predicted molar refractivity (Wildman–Crippen MR) is 30.9 cm³/mol. The molecule has 0 heterocycles. The molecule has 0 amide bonds. The predicted octanol–water partition coefficient (Wildman–Crippen LogP) is -2.00. The fourth-order valence-corrected chi connectivity index (χ4v) is 18.9. The van der Waals surface area contributed by atoms with Gasteiger partial charge in [0.25, 0.3) is 0 Å². The zero-order valence-corrected chi connectivity index (χ0v) is 12.4. The minimum absolute atomic E-state index is 0.157. The normalized spacial score (nSPS) is 10.2. The van der Waals surface area contributed by atoms with Crippen molar-refractivity contribution >= 4 is 52.0 Å². The van der Waals surface area contributed by atoms with Gasteiger partial charge in [-0.1, -0.05) is 0 Å². The van der Waals surface area contributed by atoms with Gasteiger partial charge in [0.1, 0.15) is 0 Å². The summed E-state index contributed by atoms with van der Waals surface area (Å²) in [6.45, 7) is 0. The first-order chi connectivity index (χ1) is 2.77. The SMILES string of the molecule is O=C(O)[AsH][SbH][BiH2]. The fraction of sp³-hybridized carbons (Fsp3) is 0. The van der Waals surface area contributed by atoms with Crippen LogP contribution < -0.4 is 0 Å². The van der Waals surface area contributed by atoms with Gasteiger partial charge in [-0.3, -0.25) is 0 Å². The molecule has 0 aromatic heterocycles. The van der Waals surface area contributed by atoms with Crippen LogP contribution in [0.2, 0.25) is 0 Å². The van der Waals surface area contributed by atoms with Crippen LogP contribution in [0.15, 0.2) is 0 Å². The molecule has 1 unspecified atom stereocenters. The first-order valence-electron chi connectivity index (χ1n) is 1.22. The van der Waals surface area contributed by atoms with E-state index in [4.69, 9.17) is 5.11 Å². The van der Waals surface area contributed by atoms with E-state index in [-0.39, 0.29) is 26.8 Å². The number of rotatable bonds is 2. The second-order valence-corrected chi connectivity index (χ2v) is 49.7. The van der Waals surface area contributed by atoms with Gasteiger partial charge in [0.05, 0.1) is 0 Å². The van der Waals surface area contributed by atoms with Gasteiger partial charge in [-0.25, -0.2) is 0 Å². The second kappa shape index (κ2) is 4.88. The Hall–Kier alpha value is 1.73. The van der Waals surface area contributed by atoms with Crippen LogP contribution >= 0.6 is 0 Å². The van der Waals surface area contributed by atoms with Gasteiger partial charge in [-0.15, -0.1) is 0 Å². The van der Waals surface area contributed by atoms with Crippen molar-refractivity contribution in [3.8, 4) is 0 Å². The third kappa shape index (κ3) is 5.73. The van der Waals surface area contributed by atoms with Crippen molar-refractivity contribution in [2.45, 2.75) is 0 Å². The average Bonchev–Trinajstić information content (AvgIpc) is 1.35. The summed E-state index contributed by atoms with van der Waals surface area (Å²) in [7, 11) is 0. The Morgan fingerprint density at radius 1 is 2.00 bits per heavy atom. The molecule has 36 valence electrons. The standard InChI is InChI=1S/CH2AsO2.Bi.Sb.3H/c2-1(3)4;;;;;/h2H,(H,3,4);;;;;/q-1;;+1;;;. The van der Waals surface area contributed by atoms with E-state index in [1.54, 1.807) is 0 Å². The number of carbonyl (C=O) groups is 1. The molecule has 5 heteroatoms. The summed E-state index contributed by atoms with van der Waals surface area (Å²) in [6, 6.07) is 0. The van der Waals surface area contributed by atoms with Crippen LogP contribution in [0.5, 0.6) is 0 Å². The maximum absolute atomic E-state index is 9.72. The van der Waals surface area contributed by atoms with Crippen LogP contribution in [0.4, 0.5) is 4.79 Å². The minimum atomic E-state index is -0.468. The van der Waals surface area contributed by atoms with Crippen LogP contribution in [-0.2, 0) is 0 Å². The van der Waals surface area contributed by atoms with E-state index in [0.717, 1.165) is 20.4 Å². The molecule has 0 aliphatic carbocycles. The molecule has 0 bridgehead atoms. The van der Waals surface area contributed by atoms with E-state index < -0.39 is 4.76 Å². The molecule has 0 aromatic carbocycles. The Morgan fingerprint density at radius 3 is 2.50 bits per heavy atom. The Labute approximate surface area is 60.9 Å². The monoisotopic (exact) mass is 454 g/mol. The number of hydrogen-bond donors (Lipinski definition) is 1. The van der Waals surface area contributed by atoms with Crippen molar-refractivity contribution in [2.75, 3.05) is 0 Å². The zero-order chi connectivity index (χ0) is 4.99. The molecular formula is CH5AsBiO2Sb. The van der Waals surface area contributed by atoms with E-state index in [1.165, 1.54) is 0 Å². The third-order valence-corrected chi connectivity index (χ3v) is 25.8. The summed E-state index contributed by atoms with van der Waals surface area (Å²) < 4.78 is -0.468. The van der Waals surface area contributed by atoms with Gasteiger partial charge in [0.2, 0.25) is 0 Å². The van der Waals surface area contributed by atoms with E-state index in [2.05, 4.69) is 0 Å². The second-order valence-electron chi connectivity index (χ2n) is 0.574. The van der Waals surface area contributed by atoms with E-state index in [9.17, 15) is 4.79 Å². The van der Waals surface area contributed by atoms with Crippen LogP contribution in [0.25, 0.3) is 0 Å².